The Balaban J connectivity index is 1.63. The third-order valence-electron chi connectivity index (χ3n) is 5.21. The van der Waals surface area contributed by atoms with Gasteiger partial charge in [-0.15, -0.1) is 0 Å². The number of phenols is 1. The molecule has 0 bridgehead atoms. The summed E-state index contributed by atoms with van der Waals surface area (Å²) in [5, 5.41) is 28.7. The van der Waals surface area contributed by atoms with Crippen LogP contribution in [0.1, 0.15) is 16.7 Å². The molecule has 0 aliphatic carbocycles. The van der Waals surface area contributed by atoms with Gasteiger partial charge in [0, 0.05) is 34.9 Å². The summed E-state index contributed by atoms with van der Waals surface area (Å²) in [7, 11) is 0. The Hall–Kier alpha value is -3.84. The van der Waals surface area contributed by atoms with Crippen LogP contribution < -0.4 is 15.6 Å². The first-order valence-corrected chi connectivity index (χ1v) is 11.5. The quantitative estimate of drug-likeness (QED) is 0.227. The topological polar surface area (TPSA) is 151 Å². The number of aromatic nitrogens is 3. The number of aromatic hydroxyl groups is 1. The first kappa shape index (κ1) is 24.3. The lowest BCUT2D eigenvalue weighted by Crippen LogP contribution is -2.37. The Morgan fingerprint density at radius 2 is 1.91 bits per heavy atom. The number of benzene rings is 2. The van der Waals surface area contributed by atoms with E-state index in [0.717, 1.165) is 16.8 Å². The number of nitrogens with one attached hydrogen (secondary N) is 2. The van der Waals surface area contributed by atoms with Gasteiger partial charge in [-0.25, -0.2) is 5.43 Å². The molecule has 2 aromatic carbocycles. The fraction of sp³-hybridized carbons (Fsp3) is 0.273. The largest absolute Gasteiger partial charge is 0.502 e. The number of nitro groups is 1. The second-order valence-corrected chi connectivity index (χ2v) is 8.73. The van der Waals surface area contributed by atoms with E-state index in [1.54, 1.807) is 0 Å². The highest BCUT2D eigenvalue weighted by Crippen LogP contribution is 2.32. The van der Waals surface area contributed by atoms with E-state index in [4.69, 9.17) is 4.74 Å². The number of rotatable bonds is 7. The van der Waals surface area contributed by atoms with Gasteiger partial charge in [0.05, 0.1) is 24.4 Å². The van der Waals surface area contributed by atoms with Crippen LogP contribution >= 0.6 is 15.9 Å². The third-order valence-corrected chi connectivity index (χ3v) is 5.66. The predicted octanol–water partition coefficient (Wildman–Crippen LogP) is 3.89. The summed E-state index contributed by atoms with van der Waals surface area (Å²) in [5.74, 6) is 0.448. The van der Waals surface area contributed by atoms with Crippen LogP contribution in [0.5, 0.6) is 5.75 Å². The maximum atomic E-state index is 11.2. The van der Waals surface area contributed by atoms with Crippen molar-refractivity contribution >= 4 is 51.4 Å². The number of ether oxygens (including phenoxy) is 1. The van der Waals surface area contributed by atoms with Crippen molar-refractivity contribution in [2.24, 2.45) is 5.10 Å². The molecular weight excluding hydrogens is 520 g/mol. The summed E-state index contributed by atoms with van der Waals surface area (Å²) >= 11 is 3.20. The number of phenolic OH excluding ortho intramolecular Hbond substituents is 1. The smallest absolute Gasteiger partial charge is 0.312 e. The molecule has 1 aliphatic heterocycles. The lowest BCUT2D eigenvalue weighted by molar-refractivity contribution is -0.385. The lowest BCUT2D eigenvalue weighted by Gasteiger charge is -2.27. The maximum absolute atomic E-state index is 11.2. The molecular formula is C22H23BrN8O4. The highest BCUT2D eigenvalue weighted by Gasteiger charge is 2.19. The predicted molar refractivity (Wildman–Crippen MR) is 136 cm³/mol. The van der Waals surface area contributed by atoms with E-state index in [1.807, 2.05) is 36.9 Å². The zero-order valence-electron chi connectivity index (χ0n) is 19.0. The van der Waals surface area contributed by atoms with Crippen LogP contribution in [0.2, 0.25) is 0 Å². The average molecular weight is 543 g/mol. The second-order valence-electron chi connectivity index (χ2n) is 7.82. The average Bonchev–Trinajstić information content (AvgIpc) is 2.83. The van der Waals surface area contributed by atoms with Crippen LogP contribution in [0.3, 0.4) is 0 Å². The molecule has 1 fully saturated rings. The van der Waals surface area contributed by atoms with Gasteiger partial charge in [0.2, 0.25) is 23.6 Å². The molecule has 3 N–H and O–H groups in total. The van der Waals surface area contributed by atoms with Crippen LogP contribution in [0, 0.1) is 24.0 Å². The van der Waals surface area contributed by atoms with Gasteiger partial charge < -0.3 is 20.1 Å². The van der Waals surface area contributed by atoms with Gasteiger partial charge in [-0.05, 0) is 37.1 Å². The van der Waals surface area contributed by atoms with E-state index in [9.17, 15) is 15.2 Å². The molecule has 0 atom stereocenters. The fourth-order valence-electron chi connectivity index (χ4n) is 3.37. The monoisotopic (exact) mass is 542 g/mol. The number of morpholine rings is 1. The van der Waals surface area contributed by atoms with Crippen LogP contribution in [0.4, 0.5) is 29.2 Å². The molecule has 0 unspecified atom stereocenters. The Morgan fingerprint density at radius 1 is 1.17 bits per heavy atom. The summed E-state index contributed by atoms with van der Waals surface area (Å²) in [6, 6.07) is 8.76. The van der Waals surface area contributed by atoms with Crippen molar-refractivity contribution in [1.29, 1.82) is 0 Å². The van der Waals surface area contributed by atoms with Gasteiger partial charge in [0.15, 0.2) is 0 Å². The molecule has 0 spiro atoms. The van der Waals surface area contributed by atoms with Crippen LogP contribution in [0.15, 0.2) is 39.9 Å². The molecule has 0 saturated carbocycles. The Kier molecular flexibility index (Phi) is 7.36. The van der Waals surface area contributed by atoms with Gasteiger partial charge in [-0.2, -0.15) is 20.1 Å². The van der Waals surface area contributed by atoms with Crippen molar-refractivity contribution in [3.63, 3.8) is 0 Å². The summed E-state index contributed by atoms with van der Waals surface area (Å²) < 4.78 is 5.85. The van der Waals surface area contributed by atoms with E-state index in [1.165, 1.54) is 18.3 Å². The first-order valence-electron chi connectivity index (χ1n) is 10.7. The molecule has 12 nitrogen and oxygen atoms in total. The van der Waals surface area contributed by atoms with E-state index in [-0.39, 0.29) is 11.5 Å². The normalized spacial score (nSPS) is 13.7. The third kappa shape index (κ3) is 6.00. The van der Waals surface area contributed by atoms with Crippen molar-refractivity contribution in [2.75, 3.05) is 41.9 Å². The van der Waals surface area contributed by atoms with Crippen molar-refractivity contribution < 1.29 is 14.8 Å². The summed E-state index contributed by atoms with van der Waals surface area (Å²) in [6.45, 7) is 6.37. The van der Waals surface area contributed by atoms with Crippen molar-refractivity contribution in [3.05, 3.63) is 61.6 Å². The molecule has 1 saturated heterocycles. The number of nitro benzene ring substituents is 1. The molecule has 182 valence electrons. The van der Waals surface area contributed by atoms with E-state index in [0.29, 0.717) is 42.7 Å². The molecule has 1 aliphatic rings. The number of halogens is 1. The second kappa shape index (κ2) is 10.6. The standard InChI is InChI=1S/C22H23BrN8O4/c1-13-3-4-14(2)17(9-13)25-20-26-21(28-22(27-20)30-5-7-35-8-6-30)29-24-12-15-10-16(23)11-18(19(15)32)31(33)34/h3-4,9-12,32H,5-8H2,1-2H3,(H2,25,26,27,28,29)/b24-12-. The number of hydrogen-bond donors (Lipinski definition) is 3. The van der Waals surface area contributed by atoms with Crippen LogP contribution in [-0.2, 0) is 4.74 Å². The summed E-state index contributed by atoms with van der Waals surface area (Å²) in [5.41, 5.74) is 5.43. The van der Waals surface area contributed by atoms with E-state index >= 15 is 0 Å². The van der Waals surface area contributed by atoms with Crippen LogP contribution in [-0.4, -0.2) is 57.5 Å². The van der Waals surface area contributed by atoms with E-state index < -0.39 is 16.4 Å². The van der Waals surface area contributed by atoms with Gasteiger partial charge in [0.1, 0.15) is 0 Å². The number of aryl methyl sites for hydroxylation is 2. The fourth-order valence-corrected chi connectivity index (χ4v) is 3.83. The minimum Gasteiger partial charge on any atom is -0.502 e. The summed E-state index contributed by atoms with van der Waals surface area (Å²) in [6.07, 6.45) is 1.25. The van der Waals surface area contributed by atoms with Gasteiger partial charge >= 0.3 is 5.69 Å². The number of nitrogens with zero attached hydrogens (tertiary/aromatic N) is 6. The van der Waals surface area contributed by atoms with Crippen molar-refractivity contribution in [1.82, 2.24) is 15.0 Å². The molecule has 3 aromatic rings. The molecule has 2 heterocycles. The number of hydrazone groups is 1. The number of hydrogen-bond acceptors (Lipinski definition) is 11. The minimum atomic E-state index is -0.670. The summed E-state index contributed by atoms with van der Waals surface area (Å²) in [4.78, 5) is 25.9. The maximum Gasteiger partial charge on any atom is 0.312 e. The minimum absolute atomic E-state index is 0.148. The Bertz CT molecular complexity index is 1280. The molecule has 1 aromatic heterocycles. The number of anilines is 4. The highest BCUT2D eigenvalue weighted by molar-refractivity contribution is 9.10. The van der Waals surface area contributed by atoms with E-state index in [2.05, 4.69) is 46.7 Å². The van der Waals surface area contributed by atoms with Gasteiger partial charge in [-0.3, -0.25) is 10.1 Å². The zero-order chi connectivity index (χ0) is 24.9. The van der Waals surface area contributed by atoms with Crippen molar-refractivity contribution in [3.8, 4) is 5.75 Å². The lowest BCUT2D eigenvalue weighted by atomic mass is 10.1. The molecule has 4 rings (SSSR count). The van der Waals surface area contributed by atoms with Gasteiger partial charge in [0.25, 0.3) is 0 Å². The van der Waals surface area contributed by atoms with Gasteiger partial charge in [-0.1, -0.05) is 28.1 Å². The highest BCUT2D eigenvalue weighted by atomic mass is 79.9. The molecule has 0 radical (unpaired) electrons. The molecule has 35 heavy (non-hydrogen) atoms. The zero-order valence-corrected chi connectivity index (χ0v) is 20.6. The Labute approximate surface area is 209 Å². The Morgan fingerprint density at radius 3 is 2.66 bits per heavy atom. The SMILES string of the molecule is Cc1ccc(C)c(Nc2nc(N/N=C\c3cc(Br)cc([N+](=O)[O-])c3O)nc(N3CCOCC3)n2)c1. The first-order chi connectivity index (χ1) is 16.8. The van der Waals surface area contributed by atoms with Crippen molar-refractivity contribution in [2.45, 2.75) is 13.8 Å². The van der Waals surface area contributed by atoms with Crippen LogP contribution in [0.25, 0.3) is 0 Å². The molecule has 13 heteroatoms. The molecule has 0 amide bonds.